The smallest absolute Gasteiger partial charge is 0.410 e. The number of hydrogen-bond acceptors (Lipinski definition) is 4. The summed E-state index contributed by atoms with van der Waals surface area (Å²) in [5.41, 5.74) is -0.466. The minimum Gasteiger partial charge on any atom is -0.444 e. The fourth-order valence-electron chi connectivity index (χ4n) is 3.00. The van der Waals surface area contributed by atoms with Crippen molar-refractivity contribution < 1.29 is 14.6 Å². The molecule has 0 bridgehead atoms. The summed E-state index contributed by atoms with van der Waals surface area (Å²) in [6, 6.07) is 0.172. The predicted molar refractivity (Wildman–Crippen MR) is 68.3 cm³/mol. The second-order valence-electron chi connectivity index (χ2n) is 6.30. The Balaban J connectivity index is 2.06. The number of likely N-dealkylation sites (tertiary alicyclic amines) is 1. The average molecular weight is 256 g/mol. The van der Waals surface area contributed by atoms with Crippen molar-refractivity contribution in [1.29, 1.82) is 0 Å². The van der Waals surface area contributed by atoms with E-state index in [0.717, 1.165) is 19.5 Å². The summed E-state index contributed by atoms with van der Waals surface area (Å²) in [6.07, 6.45) is 0.770. The van der Waals surface area contributed by atoms with E-state index in [1.165, 1.54) is 0 Å². The molecule has 5 heteroatoms. The average Bonchev–Trinajstić information content (AvgIpc) is 2.65. The minimum atomic E-state index is -0.466. The van der Waals surface area contributed by atoms with Crippen molar-refractivity contribution >= 4 is 6.09 Å². The van der Waals surface area contributed by atoms with Crippen molar-refractivity contribution in [3.05, 3.63) is 0 Å². The summed E-state index contributed by atoms with van der Waals surface area (Å²) in [4.78, 5) is 14.0. The summed E-state index contributed by atoms with van der Waals surface area (Å²) in [6.45, 7) is 8.17. The number of rotatable bonds is 1. The second kappa shape index (κ2) is 5.05. The number of amides is 1. The Morgan fingerprint density at radius 1 is 1.50 bits per heavy atom. The Bertz CT molecular complexity index is 314. The molecule has 5 nitrogen and oxygen atoms in total. The quantitative estimate of drug-likeness (QED) is 0.729. The molecule has 2 aliphatic heterocycles. The molecule has 104 valence electrons. The molecule has 0 saturated carbocycles. The number of carbonyl (C=O) groups excluding carboxylic acids is 1. The molecule has 2 aliphatic rings. The van der Waals surface area contributed by atoms with Crippen molar-refractivity contribution in [2.24, 2.45) is 11.8 Å². The normalized spacial score (nSPS) is 32.2. The van der Waals surface area contributed by atoms with Crippen LogP contribution in [-0.2, 0) is 4.74 Å². The van der Waals surface area contributed by atoms with Crippen LogP contribution in [0.1, 0.15) is 27.2 Å². The Labute approximate surface area is 108 Å². The summed E-state index contributed by atoms with van der Waals surface area (Å²) in [5, 5.41) is 12.8. The first-order chi connectivity index (χ1) is 8.42. The molecule has 2 rings (SSSR count). The maximum atomic E-state index is 12.2. The molecule has 0 aromatic heterocycles. The highest BCUT2D eigenvalue weighted by atomic mass is 16.6. The van der Waals surface area contributed by atoms with Gasteiger partial charge in [0.2, 0.25) is 0 Å². The molecule has 0 aliphatic carbocycles. The van der Waals surface area contributed by atoms with Crippen LogP contribution in [0.5, 0.6) is 0 Å². The number of nitrogens with one attached hydrogen (secondary N) is 1. The van der Waals surface area contributed by atoms with Gasteiger partial charge in [0.15, 0.2) is 0 Å². The number of aliphatic hydroxyl groups excluding tert-OH is 1. The number of piperidine rings is 1. The molecule has 0 aromatic carbocycles. The number of carbonyl (C=O) groups is 1. The van der Waals surface area contributed by atoms with Crippen LogP contribution < -0.4 is 5.32 Å². The van der Waals surface area contributed by atoms with Gasteiger partial charge in [-0.15, -0.1) is 0 Å². The zero-order chi connectivity index (χ0) is 13.3. The summed E-state index contributed by atoms with van der Waals surface area (Å²) >= 11 is 0. The first-order valence-corrected chi connectivity index (χ1v) is 6.73. The maximum absolute atomic E-state index is 12.2. The molecule has 0 aromatic rings. The summed E-state index contributed by atoms with van der Waals surface area (Å²) in [5.74, 6) is 0.605. The SMILES string of the molecule is CC(C)(C)OC(=O)N1C[C@H](CO)[C@H]2CCNC[C@H]21. The molecular formula is C13H24N2O3. The Morgan fingerprint density at radius 3 is 2.83 bits per heavy atom. The lowest BCUT2D eigenvalue weighted by Crippen LogP contribution is -2.49. The first-order valence-electron chi connectivity index (χ1n) is 6.73. The van der Waals surface area contributed by atoms with Gasteiger partial charge in [0.1, 0.15) is 5.60 Å². The summed E-state index contributed by atoms with van der Waals surface area (Å²) < 4.78 is 5.44. The molecule has 18 heavy (non-hydrogen) atoms. The van der Waals surface area contributed by atoms with Gasteiger partial charge in [-0.2, -0.15) is 0 Å². The number of nitrogens with zero attached hydrogens (tertiary/aromatic N) is 1. The Morgan fingerprint density at radius 2 is 2.22 bits per heavy atom. The van der Waals surface area contributed by atoms with Crippen molar-refractivity contribution in [3.63, 3.8) is 0 Å². The maximum Gasteiger partial charge on any atom is 0.410 e. The van der Waals surface area contributed by atoms with Gasteiger partial charge >= 0.3 is 6.09 Å². The topological polar surface area (TPSA) is 61.8 Å². The van der Waals surface area contributed by atoms with Crippen molar-refractivity contribution in [3.8, 4) is 0 Å². The Kier molecular flexibility index (Phi) is 3.82. The third kappa shape index (κ3) is 2.78. The zero-order valence-electron chi connectivity index (χ0n) is 11.5. The van der Waals surface area contributed by atoms with Crippen molar-refractivity contribution in [1.82, 2.24) is 10.2 Å². The Hall–Kier alpha value is -0.810. The molecule has 0 unspecified atom stereocenters. The fourth-order valence-corrected chi connectivity index (χ4v) is 3.00. The van der Waals surface area contributed by atoms with E-state index in [2.05, 4.69) is 5.32 Å². The monoisotopic (exact) mass is 256 g/mol. The van der Waals surface area contributed by atoms with Crippen LogP contribution in [0.3, 0.4) is 0 Å². The van der Waals surface area contributed by atoms with Crippen LogP contribution in [0.15, 0.2) is 0 Å². The fraction of sp³-hybridized carbons (Fsp3) is 0.923. The van der Waals surface area contributed by atoms with Crippen LogP contribution in [0, 0.1) is 11.8 Å². The van der Waals surface area contributed by atoms with Gasteiger partial charge < -0.3 is 20.1 Å². The number of hydrogen-bond donors (Lipinski definition) is 2. The number of fused-ring (bicyclic) bond motifs is 1. The molecule has 0 spiro atoms. The van der Waals surface area contributed by atoms with E-state index in [-0.39, 0.29) is 24.7 Å². The van der Waals surface area contributed by atoms with Crippen LogP contribution in [0.2, 0.25) is 0 Å². The van der Waals surface area contributed by atoms with E-state index in [1.807, 2.05) is 20.8 Å². The lowest BCUT2D eigenvalue weighted by atomic mass is 9.86. The number of aliphatic hydroxyl groups is 1. The van der Waals surface area contributed by atoms with Gasteiger partial charge in [0, 0.05) is 25.6 Å². The zero-order valence-corrected chi connectivity index (χ0v) is 11.5. The summed E-state index contributed by atoms with van der Waals surface area (Å²) in [7, 11) is 0. The van der Waals surface area contributed by atoms with Crippen molar-refractivity contribution in [2.75, 3.05) is 26.2 Å². The molecule has 2 heterocycles. The lowest BCUT2D eigenvalue weighted by Gasteiger charge is -2.33. The van der Waals surface area contributed by atoms with Crippen molar-refractivity contribution in [2.45, 2.75) is 38.8 Å². The second-order valence-corrected chi connectivity index (χ2v) is 6.30. The van der Waals surface area contributed by atoms with Crippen LogP contribution in [0.4, 0.5) is 4.79 Å². The van der Waals surface area contributed by atoms with E-state index in [9.17, 15) is 9.90 Å². The molecule has 3 atom stereocenters. The van der Waals surface area contributed by atoms with Crippen LogP contribution >= 0.6 is 0 Å². The lowest BCUT2D eigenvalue weighted by molar-refractivity contribution is 0.0194. The third-order valence-corrected chi connectivity index (χ3v) is 3.80. The van der Waals surface area contributed by atoms with E-state index in [0.29, 0.717) is 12.5 Å². The van der Waals surface area contributed by atoms with Gasteiger partial charge in [0.05, 0.1) is 6.04 Å². The molecule has 2 fully saturated rings. The van der Waals surface area contributed by atoms with Crippen LogP contribution in [0.25, 0.3) is 0 Å². The highest BCUT2D eigenvalue weighted by Gasteiger charge is 2.45. The standard InChI is InChI=1S/C13H24N2O3/c1-13(2,3)18-12(17)15-7-9(8-16)10-4-5-14-6-11(10)15/h9-11,14,16H,4-8H2,1-3H3/t9-,10-,11-/m1/s1. The van der Waals surface area contributed by atoms with Gasteiger partial charge in [-0.1, -0.05) is 0 Å². The van der Waals surface area contributed by atoms with Crippen LogP contribution in [-0.4, -0.2) is 54.0 Å². The van der Waals surface area contributed by atoms with Gasteiger partial charge in [-0.25, -0.2) is 4.79 Å². The van der Waals surface area contributed by atoms with Gasteiger partial charge in [0.25, 0.3) is 0 Å². The minimum absolute atomic E-state index is 0.153. The number of ether oxygens (including phenoxy) is 1. The molecule has 2 saturated heterocycles. The molecule has 0 radical (unpaired) electrons. The highest BCUT2D eigenvalue weighted by Crippen LogP contribution is 2.34. The van der Waals surface area contributed by atoms with E-state index < -0.39 is 5.60 Å². The largest absolute Gasteiger partial charge is 0.444 e. The third-order valence-electron chi connectivity index (χ3n) is 3.80. The van der Waals surface area contributed by atoms with E-state index in [1.54, 1.807) is 4.90 Å². The van der Waals surface area contributed by atoms with E-state index >= 15 is 0 Å². The molecular weight excluding hydrogens is 232 g/mol. The highest BCUT2D eigenvalue weighted by molar-refractivity contribution is 5.69. The first kappa shape index (κ1) is 13.6. The molecule has 1 amide bonds. The van der Waals surface area contributed by atoms with Gasteiger partial charge in [-0.05, 0) is 39.7 Å². The molecule has 2 N–H and O–H groups in total. The predicted octanol–water partition coefficient (Wildman–Crippen LogP) is 0.824. The van der Waals surface area contributed by atoms with Gasteiger partial charge in [-0.3, -0.25) is 0 Å². The van der Waals surface area contributed by atoms with E-state index in [4.69, 9.17) is 4.74 Å².